The number of rotatable bonds is 11. The van der Waals surface area contributed by atoms with Crippen molar-refractivity contribution in [2.75, 3.05) is 25.0 Å². The van der Waals surface area contributed by atoms with E-state index in [0.717, 1.165) is 44.6 Å². The van der Waals surface area contributed by atoms with Gasteiger partial charge in [0, 0.05) is 34.7 Å². The van der Waals surface area contributed by atoms with E-state index in [4.69, 9.17) is 5.73 Å². The number of amides is 1. The molecule has 1 heterocycles. The van der Waals surface area contributed by atoms with Crippen LogP contribution in [0, 0.1) is 6.92 Å². The van der Waals surface area contributed by atoms with E-state index in [1.165, 1.54) is 59.7 Å². The Morgan fingerprint density at radius 2 is 1.97 bits per heavy atom. The molecule has 5 heteroatoms. The van der Waals surface area contributed by atoms with Crippen LogP contribution in [-0.4, -0.2) is 30.6 Å². The van der Waals surface area contributed by atoms with E-state index in [0.29, 0.717) is 6.04 Å². The number of benzene rings is 2. The number of fused-ring (bicyclic) bond motifs is 1. The summed E-state index contributed by atoms with van der Waals surface area (Å²) < 4.78 is 2.53. The van der Waals surface area contributed by atoms with Gasteiger partial charge < -0.3 is 20.9 Å². The summed E-state index contributed by atoms with van der Waals surface area (Å²) in [6.45, 7) is 4.78. The van der Waals surface area contributed by atoms with Crippen LogP contribution in [0.4, 0.5) is 5.69 Å². The van der Waals surface area contributed by atoms with Gasteiger partial charge in [-0.05, 0) is 81.6 Å². The van der Waals surface area contributed by atoms with Crippen LogP contribution in [0.15, 0.2) is 48.7 Å². The predicted octanol–water partition coefficient (Wildman–Crippen LogP) is 5.48. The number of carbonyl (C=O) groups is 1. The van der Waals surface area contributed by atoms with E-state index >= 15 is 0 Å². The van der Waals surface area contributed by atoms with Gasteiger partial charge in [-0.1, -0.05) is 49.1 Å². The smallest absolute Gasteiger partial charge is 0.211 e. The van der Waals surface area contributed by atoms with Gasteiger partial charge >= 0.3 is 0 Å². The van der Waals surface area contributed by atoms with Crippen molar-refractivity contribution in [1.82, 2.24) is 9.88 Å². The number of anilines is 1. The molecule has 1 unspecified atom stereocenters. The van der Waals surface area contributed by atoms with Crippen molar-refractivity contribution in [3.05, 3.63) is 65.4 Å². The average Bonchev–Trinajstić information content (AvgIpc) is 3.21. The van der Waals surface area contributed by atoms with Crippen LogP contribution in [-0.2, 0) is 4.79 Å². The molecule has 0 aliphatic heterocycles. The zero-order valence-electron chi connectivity index (χ0n) is 19.9. The number of hydrogen-bond acceptors (Lipinski definition) is 3. The van der Waals surface area contributed by atoms with Crippen molar-refractivity contribution >= 4 is 23.0 Å². The van der Waals surface area contributed by atoms with Crippen LogP contribution in [0.5, 0.6) is 0 Å². The summed E-state index contributed by atoms with van der Waals surface area (Å²) in [5.41, 5.74) is 11.8. The molecular formula is C28H38N4O. The molecule has 3 aromatic rings. The van der Waals surface area contributed by atoms with Crippen LogP contribution in [0.25, 0.3) is 10.9 Å². The molecule has 1 aliphatic rings. The lowest BCUT2D eigenvalue weighted by Crippen LogP contribution is -2.21. The minimum absolute atomic E-state index is 0.286. The molecule has 0 spiro atoms. The largest absolute Gasteiger partial charge is 0.344 e. The summed E-state index contributed by atoms with van der Waals surface area (Å²) in [6, 6.07) is 15.8. The van der Waals surface area contributed by atoms with Gasteiger partial charge in [0.15, 0.2) is 0 Å². The number of hydrogen-bond donors (Lipinski definition) is 3. The third-order valence-electron chi connectivity index (χ3n) is 7.04. The van der Waals surface area contributed by atoms with E-state index in [2.05, 4.69) is 64.7 Å². The molecule has 1 fully saturated rings. The summed E-state index contributed by atoms with van der Waals surface area (Å²) in [4.78, 5) is 11.1. The molecule has 1 saturated carbocycles. The van der Waals surface area contributed by atoms with Crippen LogP contribution >= 0.6 is 0 Å². The minimum atomic E-state index is 0.286. The maximum atomic E-state index is 11.1. The number of aryl methyl sites for hydroxylation is 1. The minimum Gasteiger partial charge on any atom is -0.344 e. The summed E-state index contributed by atoms with van der Waals surface area (Å²) in [7, 11) is 0. The van der Waals surface area contributed by atoms with Crippen LogP contribution in [0.3, 0.4) is 0 Å². The van der Waals surface area contributed by atoms with Crippen molar-refractivity contribution < 1.29 is 4.79 Å². The monoisotopic (exact) mass is 446 g/mol. The maximum absolute atomic E-state index is 11.1. The summed E-state index contributed by atoms with van der Waals surface area (Å²) in [5, 5.41) is 7.68. The highest BCUT2D eigenvalue weighted by molar-refractivity contribution is 5.90. The van der Waals surface area contributed by atoms with E-state index in [1.807, 2.05) is 6.07 Å². The number of nitrogens with one attached hydrogen (secondary N) is 2. The molecule has 4 rings (SSSR count). The first-order valence-electron chi connectivity index (χ1n) is 12.5. The van der Waals surface area contributed by atoms with Gasteiger partial charge in [0.25, 0.3) is 0 Å². The summed E-state index contributed by atoms with van der Waals surface area (Å²) >= 11 is 0. The van der Waals surface area contributed by atoms with Crippen molar-refractivity contribution in [2.45, 2.75) is 63.8 Å². The van der Waals surface area contributed by atoms with E-state index < -0.39 is 0 Å². The first-order valence-corrected chi connectivity index (χ1v) is 12.5. The predicted molar refractivity (Wildman–Crippen MR) is 138 cm³/mol. The lowest BCUT2D eigenvalue weighted by Gasteiger charge is -2.24. The Hall–Kier alpha value is -2.63. The van der Waals surface area contributed by atoms with Gasteiger partial charge in [-0.15, -0.1) is 0 Å². The second-order valence-electron chi connectivity index (χ2n) is 9.43. The summed E-state index contributed by atoms with van der Waals surface area (Å²) in [6.07, 6.45) is 11.6. The topological polar surface area (TPSA) is 72.1 Å². The van der Waals surface area contributed by atoms with Crippen molar-refractivity contribution in [2.24, 2.45) is 5.73 Å². The van der Waals surface area contributed by atoms with Crippen molar-refractivity contribution in [3.8, 4) is 0 Å². The highest BCUT2D eigenvalue weighted by Crippen LogP contribution is 2.39. The van der Waals surface area contributed by atoms with Gasteiger partial charge in [0.05, 0.1) is 0 Å². The fourth-order valence-corrected chi connectivity index (χ4v) is 5.37. The number of aromatic nitrogens is 1. The van der Waals surface area contributed by atoms with Gasteiger partial charge in [-0.2, -0.15) is 0 Å². The Kier molecular flexibility index (Phi) is 8.19. The van der Waals surface area contributed by atoms with Gasteiger partial charge in [0.2, 0.25) is 6.41 Å². The van der Waals surface area contributed by atoms with Crippen molar-refractivity contribution in [1.29, 1.82) is 0 Å². The molecule has 0 bridgehead atoms. The maximum Gasteiger partial charge on any atom is 0.211 e. The number of carbonyl (C=O) groups excluding carboxylic acids is 1. The van der Waals surface area contributed by atoms with Gasteiger partial charge in [0.1, 0.15) is 0 Å². The molecule has 2 aromatic carbocycles. The highest BCUT2D eigenvalue weighted by Gasteiger charge is 2.24. The normalized spacial score (nSPS) is 15.6. The van der Waals surface area contributed by atoms with Gasteiger partial charge in [-0.25, -0.2) is 0 Å². The molecule has 1 atom stereocenters. The van der Waals surface area contributed by atoms with Crippen LogP contribution in [0.1, 0.15) is 73.6 Å². The molecule has 4 N–H and O–H groups in total. The Morgan fingerprint density at radius 3 is 2.73 bits per heavy atom. The van der Waals surface area contributed by atoms with E-state index in [-0.39, 0.29) is 5.92 Å². The third-order valence-corrected chi connectivity index (χ3v) is 7.04. The molecule has 5 nitrogen and oxygen atoms in total. The highest BCUT2D eigenvalue weighted by atomic mass is 16.1. The molecule has 0 saturated heterocycles. The Morgan fingerprint density at radius 1 is 1.12 bits per heavy atom. The lowest BCUT2D eigenvalue weighted by atomic mass is 9.87. The molecular weight excluding hydrogens is 408 g/mol. The summed E-state index contributed by atoms with van der Waals surface area (Å²) in [5.74, 6) is 0.286. The molecule has 1 aliphatic carbocycles. The first kappa shape index (κ1) is 23.5. The first-order chi connectivity index (χ1) is 16.2. The molecule has 176 valence electrons. The Labute approximate surface area is 197 Å². The van der Waals surface area contributed by atoms with Crippen LogP contribution < -0.4 is 16.4 Å². The second kappa shape index (κ2) is 11.5. The zero-order chi connectivity index (χ0) is 23.0. The lowest BCUT2D eigenvalue weighted by molar-refractivity contribution is -0.105. The van der Waals surface area contributed by atoms with Crippen molar-refractivity contribution in [3.63, 3.8) is 0 Å². The molecule has 0 radical (unpaired) electrons. The Bertz CT molecular complexity index is 1050. The third kappa shape index (κ3) is 5.66. The quantitative estimate of drug-likeness (QED) is 0.270. The van der Waals surface area contributed by atoms with E-state index in [9.17, 15) is 4.79 Å². The molecule has 33 heavy (non-hydrogen) atoms. The Balaban J connectivity index is 1.77. The van der Waals surface area contributed by atoms with Crippen LogP contribution in [0.2, 0.25) is 0 Å². The fraction of sp³-hybridized carbons (Fsp3) is 0.464. The molecule has 1 aromatic heterocycles. The second-order valence-corrected chi connectivity index (χ2v) is 9.43. The van der Waals surface area contributed by atoms with Gasteiger partial charge in [-0.3, -0.25) is 4.79 Å². The number of nitrogens with two attached hydrogens (primary N) is 1. The SMILES string of the molecule is Cc1cccc(C(CCNCCCN)c2cn(C3CCCCC3)c3ccc(NC=O)cc23)c1. The molecule has 1 amide bonds. The average molecular weight is 447 g/mol. The van der Waals surface area contributed by atoms with E-state index in [1.54, 1.807) is 0 Å². The number of nitrogens with zero attached hydrogens (tertiary/aromatic N) is 1. The standard InChI is InChI=1S/C28H38N4O/c1-21-7-5-8-22(17-21)25(13-16-30-15-6-14-29)27-19-32(24-9-3-2-4-10-24)28-12-11-23(31-20-33)18-26(27)28/h5,7-8,11-12,17-20,24-25,30H,2-4,6,9-10,13-16,29H2,1H3,(H,31,33). The fourth-order valence-electron chi connectivity index (χ4n) is 5.37. The zero-order valence-corrected chi connectivity index (χ0v) is 19.9.